The minimum atomic E-state index is -0.0767. The lowest BCUT2D eigenvalue weighted by molar-refractivity contribution is -0.118. The largest absolute Gasteiger partial charge is 0.325 e. The Labute approximate surface area is 166 Å². The standard InChI is InChI=1S/C21H29N3O2S/c1-6-17(25)11-15-10-16(9-8-14(15)5)22-19(26)12-27-21-18(7-2)20(13(3)4)23-24-21/h8-10,13,18H,6-7,11-12H2,1-5H3,(H,22,26). The Bertz CT molecular complexity index is 769. The summed E-state index contributed by atoms with van der Waals surface area (Å²) in [4.78, 5) is 24.1. The van der Waals surface area contributed by atoms with E-state index in [9.17, 15) is 9.59 Å². The van der Waals surface area contributed by atoms with Crippen LogP contribution in [0.3, 0.4) is 0 Å². The molecule has 0 aliphatic carbocycles. The fraction of sp³-hybridized carbons (Fsp3) is 0.524. The number of ketones is 1. The number of hydrogen-bond donors (Lipinski definition) is 1. The van der Waals surface area contributed by atoms with Crippen LogP contribution in [0.15, 0.2) is 28.4 Å². The first-order valence-electron chi connectivity index (χ1n) is 9.54. The monoisotopic (exact) mass is 387 g/mol. The topological polar surface area (TPSA) is 70.9 Å². The third-order valence-electron chi connectivity index (χ3n) is 4.68. The van der Waals surface area contributed by atoms with Crippen molar-refractivity contribution in [2.45, 2.75) is 53.9 Å². The first-order chi connectivity index (χ1) is 12.8. The quantitative estimate of drug-likeness (QED) is 0.706. The molecule has 1 unspecified atom stereocenters. The van der Waals surface area contributed by atoms with E-state index in [4.69, 9.17) is 0 Å². The van der Waals surface area contributed by atoms with Gasteiger partial charge in [-0.3, -0.25) is 9.59 Å². The van der Waals surface area contributed by atoms with Gasteiger partial charge < -0.3 is 5.32 Å². The third-order valence-corrected chi connectivity index (χ3v) is 5.75. The highest BCUT2D eigenvalue weighted by molar-refractivity contribution is 8.14. The highest BCUT2D eigenvalue weighted by Crippen LogP contribution is 2.27. The van der Waals surface area contributed by atoms with Crippen molar-refractivity contribution in [2.75, 3.05) is 11.1 Å². The van der Waals surface area contributed by atoms with E-state index in [2.05, 4.69) is 36.3 Å². The van der Waals surface area contributed by atoms with Gasteiger partial charge in [-0.2, -0.15) is 5.10 Å². The number of nitrogens with one attached hydrogen (secondary N) is 1. The molecule has 146 valence electrons. The van der Waals surface area contributed by atoms with Crippen LogP contribution in [0, 0.1) is 18.8 Å². The number of Topliss-reactive ketones (excluding diaryl/α,β-unsaturated/α-hetero) is 1. The van der Waals surface area contributed by atoms with Gasteiger partial charge in [0.25, 0.3) is 0 Å². The number of hydrogen-bond acceptors (Lipinski definition) is 5. The lowest BCUT2D eigenvalue weighted by atomic mass is 9.94. The molecule has 0 aromatic heterocycles. The van der Waals surface area contributed by atoms with Gasteiger partial charge >= 0.3 is 0 Å². The molecule has 1 amide bonds. The number of amides is 1. The number of benzene rings is 1. The minimum Gasteiger partial charge on any atom is -0.325 e. The second-order valence-corrected chi connectivity index (χ2v) is 8.12. The maximum atomic E-state index is 12.4. The zero-order valence-corrected chi connectivity index (χ0v) is 17.7. The predicted octanol–water partition coefficient (Wildman–Crippen LogP) is 4.64. The summed E-state index contributed by atoms with van der Waals surface area (Å²) in [5.41, 5.74) is 3.86. The Balaban J connectivity index is 1.93. The van der Waals surface area contributed by atoms with E-state index in [-0.39, 0.29) is 17.6 Å². The lowest BCUT2D eigenvalue weighted by Gasteiger charge is -2.15. The van der Waals surface area contributed by atoms with Gasteiger partial charge in [-0.1, -0.05) is 45.5 Å². The molecular weight excluding hydrogens is 358 g/mol. The molecule has 2 rings (SSSR count). The molecule has 1 atom stereocenters. The Kier molecular flexibility index (Phi) is 7.78. The average molecular weight is 388 g/mol. The van der Waals surface area contributed by atoms with Crippen molar-refractivity contribution < 1.29 is 9.59 Å². The highest BCUT2D eigenvalue weighted by Gasteiger charge is 2.28. The molecule has 27 heavy (non-hydrogen) atoms. The van der Waals surface area contributed by atoms with E-state index < -0.39 is 0 Å². The molecule has 1 aromatic rings. The van der Waals surface area contributed by atoms with Gasteiger partial charge in [-0.15, -0.1) is 5.10 Å². The minimum absolute atomic E-state index is 0.0767. The van der Waals surface area contributed by atoms with Crippen LogP contribution in [0.2, 0.25) is 0 Å². The zero-order valence-electron chi connectivity index (χ0n) is 16.8. The maximum Gasteiger partial charge on any atom is 0.234 e. The number of rotatable bonds is 8. The molecule has 1 N–H and O–H groups in total. The number of thioether (sulfide) groups is 1. The molecule has 0 fully saturated rings. The molecule has 6 heteroatoms. The summed E-state index contributed by atoms with van der Waals surface area (Å²) in [6, 6.07) is 5.71. The zero-order chi connectivity index (χ0) is 20.0. The number of aryl methyl sites for hydroxylation is 1. The molecule has 1 aromatic carbocycles. The Morgan fingerprint density at radius 2 is 1.96 bits per heavy atom. The molecular formula is C21H29N3O2S. The summed E-state index contributed by atoms with van der Waals surface area (Å²) in [6.07, 6.45) is 1.87. The van der Waals surface area contributed by atoms with Crippen molar-refractivity contribution in [3.8, 4) is 0 Å². The fourth-order valence-corrected chi connectivity index (χ4v) is 3.96. The van der Waals surface area contributed by atoms with E-state index in [1.165, 1.54) is 11.8 Å². The predicted molar refractivity (Wildman–Crippen MR) is 115 cm³/mol. The first kappa shape index (κ1) is 21.4. The SMILES string of the molecule is CCC(=O)Cc1cc(NC(=O)CSC2=NN=C(C(C)C)C2CC)ccc1C. The molecule has 0 spiro atoms. The number of carbonyl (C=O) groups excluding carboxylic acids is 2. The smallest absolute Gasteiger partial charge is 0.234 e. The summed E-state index contributed by atoms with van der Waals surface area (Å²) in [6.45, 7) is 10.2. The summed E-state index contributed by atoms with van der Waals surface area (Å²) in [5.74, 6) is 1.01. The highest BCUT2D eigenvalue weighted by atomic mass is 32.2. The maximum absolute atomic E-state index is 12.4. The van der Waals surface area contributed by atoms with Gasteiger partial charge in [0, 0.05) is 24.4 Å². The van der Waals surface area contributed by atoms with Gasteiger partial charge in [-0.25, -0.2) is 0 Å². The van der Waals surface area contributed by atoms with Gasteiger partial charge in [-0.05, 0) is 42.5 Å². The van der Waals surface area contributed by atoms with Crippen molar-refractivity contribution in [2.24, 2.45) is 22.0 Å². The van der Waals surface area contributed by atoms with Crippen LogP contribution in [0.5, 0.6) is 0 Å². The first-order valence-corrected chi connectivity index (χ1v) is 10.5. The Morgan fingerprint density at radius 3 is 2.59 bits per heavy atom. The van der Waals surface area contributed by atoms with Gasteiger partial charge in [0.1, 0.15) is 10.8 Å². The van der Waals surface area contributed by atoms with Crippen LogP contribution < -0.4 is 5.32 Å². The number of anilines is 1. The summed E-state index contributed by atoms with van der Waals surface area (Å²) < 4.78 is 0. The number of carbonyl (C=O) groups is 2. The van der Waals surface area contributed by atoms with Crippen molar-refractivity contribution in [3.05, 3.63) is 29.3 Å². The van der Waals surface area contributed by atoms with Crippen molar-refractivity contribution in [1.82, 2.24) is 0 Å². The van der Waals surface area contributed by atoms with Crippen LogP contribution in [-0.4, -0.2) is 28.2 Å². The van der Waals surface area contributed by atoms with Crippen molar-refractivity contribution >= 4 is 39.9 Å². The third kappa shape index (κ3) is 5.76. The van der Waals surface area contributed by atoms with E-state index in [0.717, 1.165) is 34.0 Å². The van der Waals surface area contributed by atoms with Crippen LogP contribution in [0.4, 0.5) is 5.69 Å². The summed E-state index contributed by atoms with van der Waals surface area (Å²) >= 11 is 1.46. The molecule has 1 aliphatic rings. The molecule has 1 heterocycles. The van der Waals surface area contributed by atoms with Crippen LogP contribution in [0.1, 0.15) is 51.7 Å². The molecule has 0 saturated carbocycles. The van der Waals surface area contributed by atoms with Crippen LogP contribution >= 0.6 is 11.8 Å². The van der Waals surface area contributed by atoms with E-state index in [0.29, 0.717) is 24.5 Å². The molecule has 1 aliphatic heterocycles. The van der Waals surface area contributed by atoms with Crippen LogP contribution in [-0.2, 0) is 16.0 Å². The van der Waals surface area contributed by atoms with Crippen LogP contribution in [0.25, 0.3) is 0 Å². The normalized spacial score (nSPS) is 16.3. The van der Waals surface area contributed by atoms with Crippen molar-refractivity contribution in [1.29, 1.82) is 0 Å². The Hall–Kier alpha value is -1.95. The lowest BCUT2D eigenvalue weighted by Crippen LogP contribution is -2.23. The van der Waals surface area contributed by atoms with E-state index >= 15 is 0 Å². The van der Waals surface area contributed by atoms with E-state index in [1.807, 2.05) is 32.0 Å². The Morgan fingerprint density at radius 1 is 1.22 bits per heavy atom. The van der Waals surface area contributed by atoms with Crippen molar-refractivity contribution in [3.63, 3.8) is 0 Å². The van der Waals surface area contributed by atoms with Gasteiger partial charge in [0.2, 0.25) is 5.91 Å². The second-order valence-electron chi connectivity index (χ2n) is 7.13. The molecule has 0 saturated heterocycles. The molecule has 5 nitrogen and oxygen atoms in total. The van der Waals surface area contributed by atoms with Gasteiger partial charge in [0.05, 0.1) is 11.5 Å². The summed E-state index contributed by atoms with van der Waals surface area (Å²) in [7, 11) is 0. The average Bonchev–Trinajstić information content (AvgIpc) is 3.05. The number of nitrogens with zero attached hydrogens (tertiary/aromatic N) is 2. The second kappa shape index (κ2) is 9.83. The fourth-order valence-electron chi connectivity index (χ4n) is 3.02. The molecule has 0 radical (unpaired) electrons. The van der Waals surface area contributed by atoms with E-state index in [1.54, 1.807) is 0 Å². The van der Waals surface area contributed by atoms with Gasteiger partial charge in [0.15, 0.2) is 0 Å². The molecule has 0 bridgehead atoms. The summed E-state index contributed by atoms with van der Waals surface area (Å²) in [5, 5.41) is 12.4.